The van der Waals surface area contributed by atoms with Crippen molar-refractivity contribution in [2.45, 2.75) is 33.7 Å². The highest BCUT2D eigenvalue weighted by Crippen LogP contribution is 2.26. The standard InChI is InChI=1S/C16H21F2N3/c1-11(2)8-19-9-13-10-20-21(15(13)16(17)18)14-7-5-4-6-12(14)3/h4-7,10-11,16,19H,8-9H2,1-3H3. The van der Waals surface area contributed by atoms with Crippen LogP contribution in [0.2, 0.25) is 0 Å². The summed E-state index contributed by atoms with van der Waals surface area (Å²) < 4.78 is 28.2. The molecule has 0 fully saturated rings. The molecule has 1 aromatic heterocycles. The summed E-state index contributed by atoms with van der Waals surface area (Å²) in [7, 11) is 0. The molecule has 0 amide bonds. The van der Waals surface area contributed by atoms with Crippen LogP contribution in [0.5, 0.6) is 0 Å². The fraction of sp³-hybridized carbons (Fsp3) is 0.438. The molecule has 0 aliphatic carbocycles. The van der Waals surface area contributed by atoms with Crippen LogP contribution >= 0.6 is 0 Å². The van der Waals surface area contributed by atoms with Gasteiger partial charge in [-0.15, -0.1) is 0 Å². The van der Waals surface area contributed by atoms with Crippen LogP contribution in [-0.2, 0) is 6.54 Å². The zero-order valence-electron chi connectivity index (χ0n) is 12.6. The van der Waals surface area contributed by atoms with Crippen molar-refractivity contribution in [1.82, 2.24) is 15.1 Å². The van der Waals surface area contributed by atoms with Gasteiger partial charge in [0.25, 0.3) is 6.43 Å². The summed E-state index contributed by atoms with van der Waals surface area (Å²) in [5.74, 6) is 0.478. The fourth-order valence-electron chi connectivity index (χ4n) is 2.25. The lowest BCUT2D eigenvalue weighted by atomic mass is 10.2. The highest BCUT2D eigenvalue weighted by molar-refractivity contribution is 5.42. The third-order valence-electron chi connectivity index (χ3n) is 3.30. The monoisotopic (exact) mass is 293 g/mol. The molecular weight excluding hydrogens is 272 g/mol. The van der Waals surface area contributed by atoms with Crippen LogP contribution in [-0.4, -0.2) is 16.3 Å². The van der Waals surface area contributed by atoms with Gasteiger partial charge in [-0.25, -0.2) is 13.5 Å². The summed E-state index contributed by atoms with van der Waals surface area (Å²) in [6.45, 7) is 7.25. The maximum Gasteiger partial charge on any atom is 0.280 e. The Hall–Kier alpha value is -1.75. The second kappa shape index (κ2) is 6.80. The van der Waals surface area contributed by atoms with Crippen molar-refractivity contribution < 1.29 is 8.78 Å². The van der Waals surface area contributed by atoms with Gasteiger partial charge in [-0.2, -0.15) is 5.10 Å². The Bertz CT molecular complexity index is 591. The highest BCUT2D eigenvalue weighted by Gasteiger charge is 2.21. The number of para-hydroxylation sites is 1. The van der Waals surface area contributed by atoms with Gasteiger partial charge in [-0.05, 0) is 31.0 Å². The smallest absolute Gasteiger partial charge is 0.280 e. The lowest BCUT2D eigenvalue weighted by molar-refractivity contribution is 0.141. The molecule has 0 radical (unpaired) electrons. The van der Waals surface area contributed by atoms with Crippen molar-refractivity contribution in [3.05, 3.63) is 47.3 Å². The topological polar surface area (TPSA) is 29.9 Å². The minimum absolute atomic E-state index is 0.0273. The number of benzene rings is 1. The minimum atomic E-state index is -2.55. The molecule has 2 aromatic rings. The average molecular weight is 293 g/mol. The molecule has 0 unspecified atom stereocenters. The summed E-state index contributed by atoms with van der Waals surface area (Å²) in [6.07, 6.45) is -1.02. The fourth-order valence-corrected chi connectivity index (χ4v) is 2.25. The molecule has 2 rings (SSSR count). The molecule has 1 aromatic carbocycles. The number of hydrogen-bond acceptors (Lipinski definition) is 2. The maximum atomic E-state index is 13.4. The average Bonchev–Trinajstić information content (AvgIpc) is 2.82. The summed E-state index contributed by atoms with van der Waals surface area (Å²) >= 11 is 0. The number of nitrogens with one attached hydrogen (secondary N) is 1. The van der Waals surface area contributed by atoms with Gasteiger partial charge < -0.3 is 5.32 Å². The molecule has 114 valence electrons. The van der Waals surface area contributed by atoms with Gasteiger partial charge >= 0.3 is 0 Å². The Balaban J connectivity index is 2.31. The van der Waals surface area contributed by atoms with Gasteiger partial charge in [-0.3, -0.25) is 0 Å². The number of halogens is 2. The SMILES string of the molecule is Cc1ccccc1-n1ncc(CNCC(C)C)c1C(F)F. The van der Waals surface area contributed by atoms with Gasteiger partial charge in [0.2, 0.25) is 0 Å². The van der Waals surface area contributed by atoms with Gasteiger partial charge in [0, 0.05) is 12.1 Å². The second-order valence-electron chi connectivity index (χ2n) is 5.58. The van der Waals surface area contributed by atoms with E-state index in [-0.39, 0.29) is 5.69 Å². The molecule has 0 atom stereocenters. The van der Waals surface area contributed by atoms with E-state index in [2.05, 4.69) is 24.3 Å². The molecule has 1 heterocycles. The Kier molecular flexibility index (Phi) is 5.07. The largest absolute Gasteiger partial charge is 0.312 e. The number of hydrogen-bond donors (Lipinski definition) is 1. The lowest BCUT2D eigenvalue weighted by Crippen LogP contribution is -2.19. The van der Waals surface area contributed by atoms with E-state index in [1.165, 1.54) is 10.9 Å². The van der Waals surface area contributed by atoms with Crippen LogP contribution in [0.4, 0.5) is 8.78 Å². The number of aromatic nitrogens is 2. The molecule has 1 N–H and O–H groups in total. The van der Waals surface area contributed by atoms with E-state index >= 15 is 0 Å². The number of rotatable bonds is 6. The van der Waals surface area contributed by atoms with Crippen molar-refractivity contribution in [2.24, 2.45) is 5.92 Å². The summed E-state index contributed by atoms with van der Waals surface area (Å²) in [4.78, 5) is 0. The van der Waals surface area contributed by atoms with E-state index in [4.69, 9.17) is 0 Å². The van der Waals surface area contributed by atoms with Crippen LogP contribution in [0.3, 0.4) is 0 Å². The van der Waals surface area contributed by atoms with E-state index in [1.807, 2.05) is 25.1 Å². The molecular formula is C16H21F2N3. The van der Waals surface area contributed by atoms with E-state index in [1.54, 1.807) is 6.07 Å². The van der Waals surface area contributed by atoms with E-state index in [0.29, 0.717) is 23.7 Å². The molecule has 3 nitrogen and oxygen atoms in total. The number of aryl methyl sites for hydroxylation is 1. The Morgan fingerprint density at radius 1 is 1.24 bits per heavy atom. The number of nitrogens with zero attached hydrogens (tertiary/aromatic N) is 2. The van der Waals surface area contributed by atoms with E-state index < -0.39 is 6.43 Å². The van der Waals surface area contributed by atoms with Crippen LogP contribution in [0.25, 0.3) is 5.69 Å². The predicted molar refractivity (Wildman–Crippen MR) is 79.8 cm³/mol. The Morgan fingerprint density at radius 2 is 1.95 bits per heavy atom. The van der Waals surface area contributed by atoms with Gasteiger partial charge in [0.15, 0.2) is 0 Å². The normalized spacial score (nSPS) is 11.6. The lowest BCUT2D eigenvalue weighted by Gasteiger charge is -2.12. The quantitative estimate of drug-likeness (QED) is 0.876. The zero-order valence-corrected chi connectivity index (χ0v) is 12.6. The van der Waals surface area contributed by atoms with Crippen molar-refractivity contribution >= 4 is 0 Å². The van der Waals surface area contributed by atoms with Crippen molar-refractivity contribution in [1.29, 1.82) is 0 Å². The molecule has 21 heavy (non-hydrogen) atoms. The van der Waals surface area contributed by atoms with Gasteiger partial charge in [0.1, 0.15) is 5.69 Å². The van der Waals surface area contributed by atoms with Crippen molar-refractivity contribution in [3.8, 4) is 5.69 Å². The zero-order chi connectivity index (χ0) is 15.4. The van der Waals surface area contributed by atoms with Crippen LogP contribution < -0.4 is 5.32 Å². The van der Waals surface area contributed by atoms with Gasteiger partial charge in [-0.1, -0.05) is 32.0 Å². The summed E-state index contributed by atoms with van der Waals surface area (Å²) in [5.41, 5.74) is 2.14. The van der Waals surface area contributed by atoms with Crippen molar-refractivity contribution in [2.75, 3.05) is 6.54 Å². The van der Waals surface area contributed by atoms with Crippen molar-refractivity contribution in [3.63, 3.8) is 0 Å². The summed E-state index contributed by atoms with van der Waals surface area (Å²) in [6, 6.07) is 7.41. The first-order valence-electron chi connectivity index (χ1n) is 7.12. The predicted octanol–water partition coefficient (Wildman–Crippen LogP) is 3.86. The third-order valence-corrected chi connectivity index (χ3v) is 3.30. The molecule has 0 spiro atoms. The Labute approximate surface area is 124 Å². The van der Waals surface area contributed by atoms with Crippen LogP contribution in [0.15, 0.2) is 30.5 Å². The van der Waals surface area contributed by atoms with Gasteiger partial charge in [0.05, 0.1) is 11.9 Å². The van der Waals surface area contributed by atoms with Crippen LogP contribution in [0, 0.1) is 12.8 Å². The molecule has 0 saturated heterocycles. The molecule has 0 aliphatic rings. The maximum absolute atomic E-state index is 13.4. The van der Waals surface area contributed by atoms with E-state index in [0.717, 1.165) is 12.1 Å². The first kappa shape index (κ1) is 15.6. The van der Waals surface area contributed by atoms with Crippen LogP contribution in [0.1, 0.15) is 37.1 Å². The number of alkyl halides is 2. The first-order chi connectivity index (χ1) is 10.0. The highest BCUT2D eigenvalue weighted by atomic mass is 19.3. The first-order valence-corrected chi connectivity index (χ1v) is 7.12. The molecule has 5 heteroatoms. The molecule has 0 saturated carbocycles. The molecule has 0 aliphatic heterocycles. The second-order valence-corrected chi connectivity index (χ2v) is 5.58. The summed E-state index contributed by atoms with van der Waals surface area (Å²) in [5, 5.41) is 7.35. The minimum Gasteiger partial charge on any atom is -0.312 e. The van der Waals surface area contributed by atoms with E-state index in [9.17, 15) is 8.78 Å². The third kappa shape index (κ3) is 3.67. The molecule has 0 bridgehead atoms. The Morgan fingerprint density at radius 3 is 2.57 bits per heavy atom.